The summed E-state index contributed by atoms with van der Waals surface area (Å²) in [4.78, 5) is 26.2. The summed E-state index contributed by atoms with van der Waals surface area (Å²) in [6.07, 6.45) is 2.80. The number of piperidine rings is 1. The number of benzene rings is 1. The number of likely N-dealkylation sites (tertiary alicyclic amines) is 1. The lowest BCUT2D eigenvalue weighted by Gasteiger charge is -2.42. The topological polar surface area (TPSA) is 88.6 Å². The van der Waals surface area contributed by atoms with Gasteiger partial charge in [0.15, 0.2) is 0 Å². The lowest BCUT2D eigenvalue weighted by atomic mass is 9.72. The fraction of sp³-hybridized carbons (Fsp3) is 0.429. The summed E-state index contributed by atoms with van der Waals surface area (Å²) in [6.45, 7) is 1.58. The maximum Gasteiger partial charge on any atom is 0.250 e. The van der Waals surface area contributed by atoms with Crippen LogP contribution < -0.4 is 11.3 Å². The van der Waals surface area contributed by atoms with Crippen LogP contribution in [0.4, 0.5) is 0 Å². The van der Waals surface area contributed by atoms with Gasteiger partial charge in [-0.05, 0) is 30.0 Å². The molecule has 2 aromatic rings. The summed E-state index contributed by atoms with van der Waals surface area (Å²) in [5.74, 6) is 0.0469. The molecule has 0 unspecified atom stereocenters. The number of nitrogens with two attached hydrogens (primary N) is 1. The van der Waals surface area contributed by atoms with Crippen molar-refractivity contribution < 1.29 is 9.90 Å². The van der Waals surface area contributed by atoms with Crippen LogP contribution in [0.3, 0.4) is 0 Å². The number of fused-ring (bicyclic) bond motifs is 2. The number of rotatable bonds is 3. The normalized spacial score (nSPS) is 23.4. The highest BCUT2D eigenvalue weighted by molar-refractivity contribution is 5.76. The van der Waals surface area contributed by atoms with Crippen LogP contribution in [0.15, 0.2) is 53.5 Å². The average molecular weight is 367 g/mol. The van der Waals surface area contributed by atoms with Gasteiger partial charge < -0.3 is 20.3 Å². The summed E-state index contributed by atoms with van der Waals surface area (Å²) in [5.41, 5.74) is 7.95. The molecule has 2 atom stereocenters. The third-order valence-corrected chi connectivity index (χ3v) is 6.24. The first-order valence-electron chi connectivity index (χ1n) is 9.49. The lowest BCUT2D eigenvalue weighted by Crippen LogP contribution is -2.50. The highest BCUT2D eigenvalue weighted by Crippen LogP contribution is 2.49. The van der Waals surface area contributed by atoms with E-state index in [4.69, 9.17) is 5.73 Å². The van der Waals surface area contributed by atoms with E-state index >= 15 is 0 Å². The molecular formula is C21H25N3O3. The molecule has 142 valence electrons. The summed E-state index contributed by atoms with van der Waals surface area (Å²) >= 11 is 0. The van der Waals surface area contributed by atoms with Crippen LogP contribution in [0.1, 0.15) is 36.4 Å². The van der Waals surface area contributed by atoms with Gasteiger partial charge in [0.1, 0.15) is 0 Å². The van der Waals surface area contributed by atoms with Crippen molar-refractivity contribution in [1.29, 1.82) is 0 Å². The Morgan fingerprint density at radius 3 is 2.59 bits per heavy atom. The zero-order chi connectivity index (χ0) is 19.0. The van der Waals surface area contributed by atoms with E-state index in [1.165, 1.54) is 6.07 Å². The Kier molecular flexibility index (Phi) is 4.61. The summed E-state index contributed by atoms with van der Waals surface area (Å²) in [7, 11) is 0. The van der Waals surface area contributed by atoms with Crippen LogP contribution in [-0.2, 0) is 16.8 Å². The molecule has 0 bridgehead atoms. The number of aryl methyl sites for hydroxylation is 1. The van der Waals surface area contributed by atoms with E-state index in [0.717, 1.165) is 11.1 Å². The van der Waals surface area contributed by atoms with Gasteiger partial charge in [-0.2, -0.15) is 0 Å². The third kappa shape index (κ3) is 2.99. The molecule has 0 radical (unpaired) electrons. The Hall–Kier alpha value is -2.44. The minimum atomic E-state index is -0.616. The summed E-state index contributed by atoms with van der Waals surface area (Å²) in [5, 5.41) is 10.8. The van der Waals surface area contributed by atoms with Crippen molar-refractivity contribution in [3.63, 3.8) is 0 Å². The van der Waals surface area contributed by atoms with Crippen LogP contribution in [-0.4, -0.2) is 39.7 Å². The molecule has 4 rings (SSSR count). The maximum absolute atomic E-state index is 12.6. The number of aliphatic hydroxyl groups excluding tert-OH is 1. The Labute approximate surface area is 158 Å². The molecule has 0 saturated carbocycles. The van der Waals surface area contributed by atoms with E-state index in [-0.39, 0.29) is 22.9 Å². The molecule has 1 amide bonds. The van der Waals surface area contributed by atoms with Gasteiger partial charge in [0.05, 0.1) is 12.1 Å². The molecular weight excluding hydrogens is 342 g/mol. The van der Waals surface area contributed by atoms with Gasteiger partial charge in [-0.15, -0.1) is 0 Å². The molecule has 1 aliphatic heterocycles. The van der Waals surface area contributed by atoms with Crippen LogP contribution in [0.5, 0.6) is 0 Å². The van der Waals surface area contributed by atoms with Gasteiger partial charge >= 0.3 is 0 Å². The Morgan fingerprint density at radius 1 is 1.15 bits per heavy atom. The largest absolute Gasteiger partial charge is 0.390 e. The van der Waals surface area contributed by atoms with E-state index in [1.807, 2.05) is 23.1 Å². The van der Waals surface area contributed by atoms with E-state index < -0.39 is 6.10 Å². The van der Waals surface area contributed by atoms with Crippen molar-refractivity contribution >= 4 is 5.91 Å². The Balaban J connectivity index is 1.43. The number of aliphatic hydroxyl groups is 1. The quantitative estimate of drug-likeness (QED) is 0.852. The number of amides is 1. The second-order valence-corrected chi connectivity index (χ2v) is 7.58. The monoisotopic (exact) mass is 367 g/mol. The van der Waals surface area contributed by atoms with Gasteiger partial charge in [-0.25, -0.2) is 0 Å². The third-order valence-electron chi connectivity index (χ3n) is 6.24. The first-order valence-corrected chi connectivity index (χ1v) is 9.49. The van der Waals surface area contributed by atoms with E-state index in [0.29, 0.717) is 38.9 Å². The fourth-order valence-corrected chi connectivity index (χ4v) is 4.65. The Bertz CT molecular complexity index is 899. The predicted octanol–water partition coefficient (Wildman–Crippen LogP) is 1.17. The fourth-order valence-electron chi connectivity index (χ4n) is 4.65. The van der Waals surface area contributed by atoms with Gasteiger partial charge in [-0.1, -0.05) is 30.3 Å². The first-order chi connectivity index (χ1) is 13.0. The number of aromatic nitrogens is 1. The van der Waals surface area contributed by atoms with Crippen LogP contribution in [0.25, 0.3) is 0 Å². The molecule has 1 aromatic carbocycles. The standard InChI is InChI=1S/C21H25N3O3/c22-19-15-5-1-2-6-16(15)21(20(19)27)9-13-24(14-10-21)18(26)8-12-23-11-4-3-7-17(23)25/h1-7,11,19-20,27H,8-10,12-14,22H2/t19-,20+/m1/s1. The zero-order valence-electron chi connectivity index (χ0n) is 15.3. The van der Waals surface area contributed by atoms with Gasteiger partial charge in [0.25, 0.3) is 5.56 Å². The van der Waals surface area contributed by atoms with Crippen LogP contribution in [0, 0.1) is 0 Å². The van der Waals surface area contributed by atoms with Crippen molar-refractivity contribution in [2.24, 2.45) is 5.73 Å². The molecule has 1 aromatic heterocycles. The number of hydrogen-bond donors (Lipinski definition) is 2. The van der Waals surface area contributed by atoms with Crippen LogP contribution in [0.2, 0.25) is 0 Å². The highest BCUT2D eigenvalue weighted by atomic mass is 16.3. The van der Waals surface area contributed by atoms with Crippen molar-refractivity contribution in [3.8, 4) is 0 Å². The number of hydrogen-bond acceptors (Lipinski definition) is 4. The van der Waals surface area contributed by atoms with Gasteiger partial charge in [0, 0.05) is 43.7 Å². The molecule has 27 heavy (non-hydrogen) atoms. The van der Waals surface area contributed by atoms with E-state index in [2.05, 4.69) is 6.07 Å². The number of carbonyl (C=O) groups is 1. The molecule has 1 aliphatic carbocycles. The number of nitrogens with zero attached hydrogens (tertiary/aromatic N) is 2. The maximum atomic E-state index is 12.6. The molecule has 1 saturated heterocycles. The van der Waals surface area contributed by atoms with Crippen molar-refractivity contribution in [2.75, 3.05) is 13.1 Å². The molecule has 6 heteroatoms. The molecule has 1 fully saturated rings. The molecule has 2 heterocycles. The number of carbonyl (C=O) groups excluding carboxylic acids is 1. The molecule has 6 nitrogen and oxygen atoms in total. The van der Waals surface area contributed by atoms with Crippen molar-refractivity contribution in [3.05, 3.63) is 70.1 Å². The number of pyridine rings is 1. The minimum absolute atomic E-state index is 0.0469. The minimum Gasteiger partial charge on any atom is -0.390 e. The molecule has 2 aliphatic rings. The zero-order valence-corrected chi connectivity index (χ0v) is 15.3. The van der Waals surface area contributed by atoms with E-state index in [9.17, 15) is 14.7 Å². The van der Waals surface area contributed by atoms with Gasteiger partial charge in [0.2, 0.25) is 5.91 Å². The smallest absolute Gasteiger partial charge is 0.250 e. The second kappa shape index (κ2) is 6.94. The second-order valence-electron chi connectivity index (χ2n) is 7.58. The van der Waals surface area contributed by atoms with Gasteiger partial charge in [-0.3, -0.25) is 9.59 Å². The SMILES string of the molecule is N[C@@H]1c2ccccc2C2(CCN(C(=O)CCn3ccccc3=O)CC2)[C@H]1O. The van der Waals surface area contributed by atoms with Crippen LogP contribution >= 0.6 is 0 Å². The summed E-state index contributed by atoms with van der Waals surface area (Å²) in [6, 6.07) is 12.6. The molecule has 1 spiro atoms. The first kappa shape index (κ1) is 17.9. The summed E-state index contributed by atoms with van der Waals surface area (Å²) < 4.78 is 1.55. The average Bonchev–Trinajstić information content (AvgIpc) is 2.90. The lowest BCUT2D eigenvalue weighted by molar-refractivity contribution is -0.133. The predicted molar refractivity (Wildman–Crippen MR) is 102 cm³/mol. The van der Waals surface area contributed by atoms with E-state index in [1.54, 1.807) is 22.9 Å². The molecule has 3 N–H and O–H groups in total. The van der Waals surface area contributed by atoms with Crippen molar-refractivity contribution in [1.82, 2.24) is 9.47 Å². The Morgan fingerprint density at radius 2 is 1.85 bits per heavy atom. The highest BCUT2D eigenvalue weighted by Gasteiger charge is 2.51. The van der Waals surface area contributed by atoms with Crippen molar-refractivity contribution in [2.45, 2.75) is 43.4 Å².